The number of imide groups is 2. The van der Waals surface area contributed by atoms with E-state index in [1.807, 2.05) is 5.32 Å². The minimum absolute atomic E-state index is 0.206. The Kier molecular flexibility index (Phi) is 3.71. The van der Waals surface area contributed by atoms with Crippen molar-refractivity contribution in [2.24, 2.45) is 0 Å². The third-order valence-corrected chi connectivity index (χ3v) is 3.15. The molecule has 5 nitrogen and oxygen atoms in total. The molecular formula is C13H11F3N2O3. The molecule has 0 aromatic heterocycles. The van der Waals surface area contributed by atoms with E-state index < -0.39 is 42.0 Å². The highest BCUT2D eigenvalue weighted by Crippen LogP contribution is 2.36. The fraction of sp³-hybridized carbons (Fsp3) is 0.308. The van der Waals surface area contributed by atoms with Crippen LogP contribution in [-0.4, -0.2) is 22.7 Å². The summed E-state index contributed by atoms with van der Waals surface area (Å²) in [5.41, 5.74) is -1.13. The lowest BCUT2D eigenvalue weighted by Gasteiger charge is -2.31. The molecular weight excluding hydrogens is 289 g/mol. The predicted molar refractivity (Wildman–Crippen MR) is 64.9 cm³/mol. The molecule has 1 unspecified atom stereocenters. The first-order valence-electron chi connectivity index (χ1n) is 6.04. The van der Waals surface area contributed by atoms with Crippen LogP contribution < -0.4 is 5.32 Å². The zero-order valence-electron chi connectivity index (χ0n) is 10.9. The number of barbiturate groups is 1. The zero-order chi connectivity index (χ0) is 15.8. The van der Waals surface area contributed by atoms with Crippen LogP contribution in [0.4, 0.5) is 18.0 Å². The topological polar surface area (TPSA) is 66.5 Å². The average molecular weight is 300 g/mol. The molecule has 1 aliphatic heterocycles. The molecule has 2 rings (SSSR count). The van der Waals surface area contributed by atoms with Crippen molar-refractivity contribution in [2.75, 3.05) is 0 Å². The Labute approximate surface area is 117 Å². The Hall–Kier alpha value is -2.38. The Balaban J connectivity index is 2.41. The van der Waals surface area contributed by atoms with Crippen molar-refractivity contribution in [3.63, 3.8) is 0 Å². The van der Waals surface area contributed by atoms with Gasteiger partial charge < -0.3 is 0 Å². The van der Waals surface area contributed by atoms with Gasteiger partial charge in [-0.25, -0.2) is 4.79 Å². The number of urea groups is 1. The number of halogens is 3. The molecule has 21 heavy (non-hydrogen) atoms. The van der Waals surface area contributed by atoms with E-state index in [2.05, 4.69) is 0 Å². The van der Waals surface area contributed by atoms with Crippen molar-refractivity contribution in [3.8, 4) is 0 Å². The van der Waals surface area contributed by atoms with Crippen molar-refractivity contribution in [3.05, 3.63) is 35.4 Å². The third-order valence-electron chi connectivity index (χ3n) is 3.15. The van der Waals surface area contributed by atoms with Crippen LogP contribution in [0.2, 0.25) is 0 Å². The second-order valence-electron chi connectivity index (χ2n) is 4.55. The van der Waals surface area contributed by atoms with E-state index in [4.69, 9.17) is 0 Å². The van der Waals surface area contributed by atoms with Crippen LogP contribution in [-0.2, 0) is 15.8 Å². The van der Waals surface area contributed by atoms with Crippen molar-refractivity contribution < 1.29 is 27.6 Å². The minimum atomic E-state index is -4.60. The lowest BCUT2D eigenvalue weighted by molar-refractivity contribution is -0.142. The average Bonchev–Trinajstić information content (AvgIpc) is 2.36. The van der Waals surface area contributed by atoms with E-state index in [1.54, 1.807) is 0 Å². The van der Waals surface area contributed by atoms with Gasteiger partial charge in [0.15, 0.2) is 0 Å². The number of hydrogen-bond acceptors (Lipinski definition) is 3. The number of benzene rings is 1. The summed E-state index contributed by atoms with van der Waals surface area (Å²) in [6, 6.07) is 2.54. The second kappa shape index (κ2) is 5.19. The van der Waals surface area contributed by atoms with E-state index in [1.165, 1.54) is 25.1 Å². The SMILES string of the molecule is CC(c1ccccc1C(F)(F)F)N1C(=O)CC(=O)NC1=O. The summed E-state index contributed by atoms with van der Waals surface area (Å²) in [4.78, 5) is 35.1. The van der Waals surface area contributed by atoms with Gasteiger partial charge in [0.1, 0.15) is 6.42 Å². The highest BCUT2D eigenvalue weighted by atomic mass is 19.4. The number of hydrogen-bond donors (Lipinski definition) is 1. The number of carbonyl (C=O) groups excluding carboxylic acids is 3. The summed E-state index contributed by atoms with van der Waals surface area (Å²) in [6.45, 7) is 1.30. The molecule has 1 aliphatic rings. The molecule has 1 saturated heterocycles. The van der Waals surface area contributed by atoms with Crippen molar-refractivity contribution in [1.29, 1.82) is 0 Å². The van der Waals surface area contributed by atoms with Gasteiger partial charge in [0.2, 0.25) is 11.8 Å². The van der Waals surface area contributed by atoms with Gasteiger partial charge in [-0.05, 0) is 18.6 Å². The molecule has 0 aliphatic carbocycles. The standard InChI is InChI=1S/C13H11F3N2O3/c1-7(18-11(20)6-10(19)17-12(18)21)8-4-2-3-5-9(8)13(14,15)16/h2-5,7H,6H2,1H3,(H,17,19,21). The lowest BCUT2D eigenvalue weighted by atomic mass is 9.99. The molecule has 4 amide bonds. The maximum atomic E-state index is 13.0. The first-order valence-corrected chi connectivity index (χ1v) is 6.04. The molecule has 1 aromatic rings. The number of amides is 4. The summed E-state index contributed by atoms with van der Waals surface area (Å²) in [6.07, 6.45) is -5.17. The maximum absolute atomic E-state index is 13.0. The highest BCUT2D eigenvalue weighted by molar-refractivity contribution is 6.14. The third kappa shape index (κ3) is 2.88. The van der Waals surface area contributed by atoms with Crippen LogP contribution >= 0.6 is 0 Å². The van der Waals surface area contributed by atoms with Crippen molar-refractivity contribution >= 4 is 17.8 Å². The van der Waals surface area contributed by atoms with Crippen molar-refractivity contribution in [2.45, 2.75) is 25.6 Å². The molecule has 1 N–H and O–H groups in total. The van der Waals surface area contributed by atoms with E-state index in [0.29, 0.717) is 4.90 Å². The van der Waals surface area contributed by atoms with Gasteiger partial charge in [-0.1, -0.05) is 18.2 Å². The monoisotopic (exact) mass is 300 g/mol. The summed E-state index contributed by atoms with van der Waals surface area (Å²) in [5, 5.41) is 1.91. The van der Waals surface area contributed by atoms with E-state index in [0.717, 1.165) is 6.07 Å². The number of carbonyl (C=O) groups is 3. The van der Waals surface area contributed by atoms with Crippen LogP contribution in [0.3, 0.4) is 0 Å². The molecule has 1 fully saturated rings. The number of nitrogens with one attached hydrogen (secondary N) is 1. The molecule has 1 atom stereocenters. The molecule has 0 radical (unpaired) electrons. The van der Waals surface area contributed by atoms with Gasteiger partial charge >= 0.3 is 12.2 Å². The van der Waals surface area contributed by atoms with Gasteiger partial charge in [-0.15, -0.1) is 0 Å². The first-order chi connectivity index (χ1) is 9.71. The molecule has 112 valence electrons. The van der Waals surface area contributed by atoms with Crippen LogP contribution in [0, 0.1) is 0 Å². The van der Waals surface area contributed by atoms with E-state index in [-0.39, 0.29) is 5.56 Å². The molecule has 1 heterocycles. The Morgan fingerprint density at radius 3 is 2.38 bits per heavy atom. The Morgan fingerprint density at radius 1 is 1.19 bits per heavy atom. The number of rotatable bonds is 2. The highest BCUT2D eigenvalue weighted by Gasteiger charge is 2.39. The Morgan fingerprint density at radius 2 is 1.81 bits per heavy atom. The predicted octanol–water partition coefficient (Wildman–Crippen LogP) is 2.23. The van der Waals surface area contributed by atoms with Gasteiger partial charge in [-0.2, -0.15) is 13.2 Å². The quantitative estimate of drug-likeness (QED) is 0.852. The molecule has 0 bridgehead atoms. The molecule has 0 saturated carbocycles. The Bertz CT molecular complexity index is 593. The fourth-order valence-corrected chi connectivity index (χ4v) is 2.21. The van der Waals surface area contributed by atoms with Gasteiger partial charge in [0.05, 0.1) is 11.6 Å². The first kappa shape index (κ1) is 15.0. The summed E-state index contributed by atoms with van der Waals surface area (Å²) in [7, 11) is 0. The molecule has 1 aromatic carbocycles. The van der Waals surface area contributed by atoms with Crippen LogP contribution in [0.25, 0.3) is 0 Å². The van der Waals surface area contributed by atoms with Gasteiger partial charge in [-0.3, -0.25) is 19.8 Å². The zero-order valence-corrected chi connectivity index (χ0v) is 10.9. The van der Waals surface area contributed by atoms with Crippen LogP contribution in [0.5, 0.6) is 0 Å². The summed E-state index contributed by atoms with van der Waals surface area (Å²) < 4.78 is 38.9. The van der Waals surface area contributed by atoms with E-state index >= 15 is 0 Å². The molecule has 0 spiro atoms. The summed E-state index contributed by atoms with van der Waals surface area (Å²) >= 11 is 0. The van der Waals surface area contributed by atoms with Crippen molar-refractivity contribution in [1.82, 2.24) is 10.2 Å². The largest absolute Gasteiger partial charge is 0.416 e. The minimum Gasteiger partial charge on any atom is -0.277 e. The van der Waals surface area contributed by atoms with Crippen LogP contribution in [0.1, 0.15) is 30.5 Å². The van der Waals surface area contributed by atoms with E-state index in [9.17, 15) is 27.6 Å². The van der Waals surface area contributed by atoms with Gasteiger partial charge in [0, 0.05) is 0 Å². The van der Waals surface area contributed by atoms with Gasteiger partial charge in [0.25, 0.3) is 0 Å². The smallest absolute Gasteiger partial charge is 0.277 e. The fourth-order valence-electron chi connectivity index (χ4n) is 2.21. The molecule has 8 heteroatoms. The number of nitrogens with zero attached hydrogens (tertiary/aromatic N) is 1. The summed E-state index contributed by atoms with van der Waals surface area (Å²) in [5.74, 6) is -1.59. The maximum Gasteiger partial charge on any atom is 0.416 e. The number of alkyl halides is 3. The normalized spacial score (nSPS) is 17.7. The van der Waals surface area contributed by atoms with Crippen LogP contribution in [0.15, 0.2) is 24.3 Å². The lowest BCUT2D eigenvalue weighted by Crippen LogP contribution is -2.53. The second-order valence-corrected chi connectivity index (χ2v) is 4.55.